The first-order chi connectivity index (χ1) is 14.1. The number of methoxy groups -OCH3 is 1. The van der Waals surface area contributed by atoms with Crippen LogP contribution in [-0.2, 0) is 6.54 Å². The van der Waals surface area contributed by atoms with Crippen molar-refractivity contribution in [3.05, 3.63) is 65.8 Å². The number of benzene rings is 2. The highest BCUT2D eigenvalue weighted by Gasteiger charge is 2.34. The number of nitrogens with one attached hydrogen (secondary N) is 1. The van der Waals surface area contributed by atoms with Crippen LogP contribution >= 0.6 is 0 Å². The molecule has 150 valence electrons. The van der Waals surface area contributed by atoms with Crippen LogP contribution in [0.2, 0.25) is 0 Å². The van der Waals surface area contributed by atoms with Crippen LogP contribution in [0, 0.1) is 5.82 Å². The van der Waals surface area contributed by atoms with Crippen LogP contribution in [0.25, 0.3) is 11.4 Å². The highest BCUT2D eigenvalue weighted by molar-refractivity contribution is 5.75. The van der Waals surface area contributed by atoms with E-state index in [4.69, 9.17) is 9.26 Å². The fraction of sp³-hybridized carbons (Fsp3) is 0.286. The summed E-state index contributed by atoms with van der Waals surface area (Å²) in [4.78, 5) is 18.9. The smallest absolute Gasteiger partial charge is 0.318 e. The Morgan fingerprint density at radius 1 is 1.31 bits per heavy atom. The van der Waals surface area contributed by atoms with Crippen molar-refractivity contribution in [3.8, 4) is 17.1 Å². The molecule has 2 aromatic carbocycles. The van der Waals surface area contributed by atoms with E-state index in [0.717, 1.165) is 24.0 Å². The molecule has 0 bridgehead atoms. The number of likely N-dealkylation sites (tertiary alicyclic amines) is 1. The number of carbonyl (C=O) groups excluding carboxylic acids is 1. The highest BCUT2D eigenvalue weighted by atomic mass is 19.1. The lowest BCUT2D eigenvalue weighted by molar-refractivity contribution is 0.180. The van der Waals surface area contributed by atoms with Gasteiger partial charge >= 0.3 is 6.03 Å². The molecule has 1 atom stereocenters. The molecule has 0 unspecified atom stereocenters. The van der Waals surface area contributed by atoms with E-state index in [-0.39, 0.29) is 17.9 Å². The minimum absolute atomic E-state index is 0.210. The first-order valence-corrected chi connectivity index (χ1v) is 9.41. The van der Waals surface area contributed by atoms with Gasteiger partial charge in [0.15, 0.2) is 0 Å². The second-order valence-electron chi connectivity index (χ2n) is 6.82. The van der Waals surface area contributed by atoms with E-state index >= 15 is 0 Å². The van der Waals surface area contributed by atoms with Crippen molar-refractivity contribution in [2.24, 2.45) is 0 Å². The van der Waals surface area contributed by atoms with Crippen molar-refractivity contribution >= 4 is 6.03 Å². The van der Waals surface area contributed by atoms with Crippen LogP contribution in [0.4, 0.5) is 9.18 Å². The topological polar surface area (TPSA) is 80.5 Å². The van der Waals surface area contributed by atoms with Gasteiger partial charge in [-0.1, -0.05) is 29.4 Å². The lowest BCUT2D eigenvalue weighted by Gasteiger charge is -2.22. The number of carbonyl (C=O) groups is 1. The maximum Gasteiger partial charge on any atom is 0.318 e. The Morgan fingerprint density at radius 3 is 2.93 bits per heavy atom. The molecule has 0 saturated carbocycles. The zero-order valence-electron chi connectivity index (χ0n) is 16.0. The van der Waals surface area contributed by atoms with Crippen LogP contribution in [0.15, 0.2) is 53.1 Å². The second kappa shape index (κ2) is 8.30. The summed E-state index contributed by atoms with van der Waals surface area (Å²) in [7, 11) is 1.60. The molecule has 4 rings (SSSR count). The van der Waals surface area contributed by atoms with Gasteiger partial charge in [0.2, 0.25) is 11.7 Å². The summed E-state index contributed by atoms with van der Waals surface area (Å²) in [5, 5.41) is 6.94. The highest BCUT2D eigenvalue weighted by Crippen LogP contribution is 2.32. The van der Waals surface area contributed by atoms with E-state index in [1.807, 2.05) is 24.3 Å². The Labute approximate surface area is 167 Å². The molecular weight excluding hydrogens is 375 g/mol. The van der Waals surface area contributed by atoms with E-state index in [1.54, 1.807) is 24.1 Å². The number of hydrogen-bond donors (Lipinski definition) is 1. The van der Waals surface area contributed by atoms with Crippen LogP contribution in [0.5, 0.6) is 5.75 Å². The molecule has 29 heavy (non-hydrogen) atoms. The summed E-state index contributed by atoms with van der Waals surface area (Å²) in [6.45, 7) is 0.929. The van der Waals surface area contributed by atoms with E-state index in [0.29, 0.717) is 30.6 Å². The SMILES string of the molecule is COc1cccc(-c2noc([C@H]3CCCN3C(=O)NCc3ccc(F)cc3)n2)c1. The van der Waals surface area contributed by atoms with Crippen molar-refractivity contribution in [3.63, 3.8) is 0 Å². The first-order valence-electron chi connectivity index (χ1n) is 9.41. The van der Waals surface area contributed by atoms with E-state index in [2.05, 4.69) is 15.5 Å². The molecule has 0 radical (unpaired) electrons. The molecular formula is C21H21FN4O3. The Kier molecular flexibility index (Phi) is 5.41. The van der Waals surface area contributed by atoms with Crippen molar-refractivity contribution in [1.82, 2.24) is 20.4 Å². The Bertz CT molecular complexity index is 990. The summed E-state index contributed by atoms with van der Waals surface area (Å²) in [5.74, 6) is 1.27. The number of hydrogen-bond acceptors (Lipinski definition) is 5. The number of nitrogens with zero attached hydrogens (tertiary/aromatic N) is 3. The molecule has 8 heteroatoms. The molecule has 2 heterocycles. The third-order valence-corrected chi connectivity index (χ3v) is 4.93. The monoisotopic (exact) mass is 396 g/mol. The van der Waals surface area contributed by atoms with E-state index < -0.39 is 0 Å². The summed E-state index contributed by atoms with van der Waals surface area (Å²) in [6, 6.07) is 13.0. The van der Waals surface area contributed by atoms with Gasteiger partial charge in [-0.25, -0.2) is 9.18 Å². The van der Waals surface area contributed by atoms with Gasteiger partial charge in [-0.05, 0) is 42.7 Å². The Morgan fingerprint density at radius 2 is 2.14 bits per heavy atom. The predicted molar refractivity (Wildman–Crippen MR) is 104 cm³/mol. The standard InChI is InChI=1S/C21H21FN4O3/c1-28-17-5-2-4-15(12-17)19-24-20(29-25-19)18-6-3-11-26(18)21(27)23-13-14-7-9-16(22)10-8-14/h2,4-5,7-10,12,18H,3,6,11,13H2,1H3,(H,23,27)/t18-/m1/s1. The number of urea groups is 1. The van der Waals surface area contributed by atoms with E-state index in [1.165, 1.54) is 12.1 Å². The van der Waals surface area contributed by atoms with Gasteiger partial charge < -0.3 is 19.5 Å². The fourth-order valence-corrected chi connectivity index (χ4v) is 3.40. The molecule has 0 aliphatic carbocycles. The van der Waals surface area contributed by atoms with Crippen LogP contribution in [0.3, 0.4) is 0 Å². The third-order valence-electron chi connectivity index (χ3n) is 4.93. The summed E-state index contributed by atoms with van der Waals surface area (Å²) < 4.78 is 23.7. The Balaban J connectivity index is 1.44. The molecule has 1 aliphatic heterocycles. The second-order valence-corrected chi connectivity index (χ2v) is 6.82. The molecule has 1 aliphatic rings. The summed E-state index contributed by atoms with van der Waals surface area (Å²) in [5.41, 5.74) is 1.61. The fourth-order valence-electron chi connectivity index (χ4n) is 3.40. The summed E-state index contributed by atoms with van der Waals surface area (Å²) >= 11 is 0. The average molecular weight is 396 g/mol. The molecule has 0 spiro atoms. The lowest BCUT2D eigenvalue weighted by Crippen LogP contribution is -2.39. The van der Waals surface area contributed by atoms with Gasteiger partial charge in [0.05, 0.1) is 7.11 Å². The number of ether oxygens (including phenoxy) is 1. The molecule has 7 nitrogen and oxygen atoms in total. The zero-order valence-corrected chi connectivity index (χ0v) is 16.0. The first kappa shape index (κ1) is 18.9. The molecule has 2 amide bonds. The van der Waals surface area contributed by atoms with Crippen LogP contribution < -0.4 is 10.1 Å². The van der Waals surface area contributed by atoms with Crippen LogP contribution in [0.1, 0.15) is 30.3 Å². The van der Waals surface area contributed by atoms with E-state index in [9.17, 15) is 9.18 Å². The zero-order chi connectivity index (χ0) is 20.2. The van der Waals surface area contributed by atoms with Gasteiger partial charge in [-0.2, -0.15) is 4.98 Å². The minimum atomic E-state index is -0.303. The van der Waals surface area contributed by atoms with Gasteiger partial charge in [-0.15, -0.1) is 0 Å². The van der Waals surface area contributed by atoms with Crippen LogP contribution in [-0.4, -0.2) is 34.7 Å². The maximum absolute atomic E-state index is 13.0. The van der Waals surface area contributed by atoms with Crippen molar-refractivity contribution in [2.75, 3.05) is 13.7 Å². The molecule has 1 fully saturated rings. The van der Waals surface area contributed by atoms with Crippen molar-refractivity contribution in [2.45, 2.75) is 25.4 Å². The van der Waals surface area contributed by atoms with Gasteiger partial charge in [0, 0.05) is 18.7 Å². The largest absolute Gasteiger partial charge is 0.497 e. The number of amides is 2. The van der Waals surface area contributed by atoms with Crippen molar-refractivity contribution in [1.29, 1.82) is 0 Å². The third kappa shape index (κ3) is 4.21. The van der Waals surface area contributed by atoms with Gasteiger partial charge in [0.25, 0.3) is 0 Å². The quantitative estimate of drug-likeness (QED) is 0.707. The van der Waals surface area contributed by atoms with Gasteiger partial charge in [0.1, 0.15) is 17.6 Å². The van der Waals surface area contributed by atoms with Gasteiger partial charge in [-0.3, -0.25) is 0 Å². The maximum atomic E-state index is 13.0. The lowest BCUT2D eigenvalue weighted by atomic mass is 10.2. The predicted octanol–water partition coefficient (Wildman–Crippen LogP) is 3.93. The summed E-state index contributed by atoms with van der Waals surface area (Å²) in [6.07, 6.45) is 1.61. The molecule has 1 saturated heterocycles. The van der Waals surface area contributed by atoms with Crippen molar-refractivity contribution < 1.29 is 18.4 Å². The number of aromatic nitrogens is 2. The average Bonchev–Trinajstić information content (AvgIpc) is 3.42. The Hall–Kier alpha value is -3.42. The molecule has 3 aromatic rings. The normalized spacial score (nSPS) is 16.1. The minimum Gasteiger partial charge on any atom is -0.497 e. The molecule has 1 N–H and O–H groups in total. The number of rotatable bonds is 5. The number of halogens is 1. The molecule has 1 aromatic heterocycles.